The minimum Gasteiger partial charge on any atom is -0.423 e. The Kier molecular flexibility index (Phi) is 2.86. The van der Waals surface area contributed by atoms with E-state index in [2.05, 4.69) is 17.2 Å². The number of hydrogen-bond acceptors (Lipinski definition) is 4. The number of anilines is 2. The zero-order valence-electron chi connectivity index (χ0n) is 10.6. The molecule has 4 heteroatoms. The predicted molar refractivity (Wildman–Crippen MR) is 73.4 cm³/mol. The summed E-state index contributed by atoms with van der Waals surface area (Å²) in [5, 5.41) is 3.30. The van der Waals surface area contributed by atoms with Gasteiger partial charge in [-0.15, -0.1) is 0 Å². The fraction of sp³-hybridized carbons (Fsp3) is 0.500. The third-order valence-electron chi connectivity index (χ3n) is 4.00. The van der Waals surface area contributed by atoms with Crippen LogP contribution in [-0.2, 0) is 0 Å². The molecule has 0 radical (unpaired) electrons. The lowest BCUT2D eigenvalue weighted by molar-refractivity contribution is 0.434. The third kappa shape index (κ3) is 2.03. The lowest BCUT2D eigenvalue weighted by atomic mass is 9.98. The lowest BCUT2D eigenvalue weighted by Crippen LogP contribution is -2.16. The number of aromatic nitrogens is 1. The number of oxazole rings is 1. The highest BCUT2D eigenvalue weighted by atomic mass is 16.4. The van der Waals surface area contributed by atoms with Crippen LogP contribution in [0.15, 0.2) is 22.6 Å². The number of nitrogens with one attached hydrogen (secondary N) is 1. The van der Waals surface area contributed by atoms with Gasteiger partial charge >= 0.3 is 0 Å². The number of hydrogen-bond donors (Lipinski definition) is 2. The molecule has 3 N–H and O–H groups in total. The summed E-state index contributed by atoms with van der Waals surface area (Å²) in [7, 11) is 0. The van der Waals surface area contributed by atoms with Crippen molar-refractivity contribution >= 4 is 22.8 Å². The van der Waals surface area contributed by atoms with Gasteiger partial charge in [-0.3, -0.25) is 0 Å². The summed E-state index contributed by atoms with van der Waals surface area (Å²) in [5.41, 5.74) is 8.02. The van der Waals surface area contributed by atoms with Gasteiger partial charge in [0.05, 0.1) is 5.69 Å². The van der Waals surface area contributed by atoms with Crippen LogP contribution in [0.3, 0.4) is 0 Å². The van der Waals surface area contributed by atoms with Gasteiger partial charge in [0, 0.05) is 6.54 Å². The van der Waals surface area contributed by atoms with Crippen LogP contribution < -0.4 is 11.1 Å². The van der Waals surface area contributed by atoms with Crippen LogP contribution in [0.5, 0.6) is 0 Å². The van der Waals surface area contributed by atoms with E-state index >= 15 is 0 Å². The van der Waals surface area contributed by atoms with Crippen molar-refractivity contribution in [2.75, 3.05) is 17.6 Å². The van der Waals surface area contributed by atoms with Crippen molar-refractivity contribution in [2.45, 2.75) is 26.2 Å². The van der Waals surface area contributed by atoms with Gasteiger partial charge in [0.2, 0.25) is 0 Å². The average Bonchev–Trinajstić information content (AvgIpc) is 2.93. The van der Waals surface area contributed by atoms with Crippen molar-refractivity contribution < 1.29 is 4.42 Å². The van der Waals surface area contributed by atoms with Crippen molar-refractivity contribution in [1.29, 1.82) is 0 Å². The Balaban J connectivity index is 1.73. The second-order valence-corrected chi connectivity index (χ2v) is 5.26. The zero-order chi connectivity index (χ0) is 12.5. The van der Waals surface area contributed by atoms with Crippen molar-refractivity contribution in [3.05, 3.63) is 18.2 Å². The highest BCUT2D eigenvalue weighted by Crippen LogP contribution is 2.31. The Bertz CT molecular complexity index is 549. The van der Waals surface area contributed by atoms with E-state index in [1.165, 1.54) is 19.3 Å². The highest BCUT2D eigenvalue weighted by Gasteiger charge is 2.23. The van der Waals surface area contributed by atoms with E-state index in [0.717, 1.165) is 29.5 Å². The van der Waals surface area contributed by atoms with Crippen molar-refractivity contribution in [2.24, 2.45) is 11.8 Å². The van der Waals surface area contributed by atoms with E-state index in [-0.39, 0.29) is 0 Å². The molecule has 18 heavy (non-hydrogen) atoms. The molecule has 0 amide bonds. The molecule has 0 aliphatic heterocycles. The van der Waals surface area contributed by atoms with Gasteiger partial charge in [-0.05, 0) is 30.4 Å². The number of nitrogens with two attached hydrogens (primary N) is 1. The molecular formula is C14H19N3O. The number of nitrogens with zero attached hydrogens (tertiary/aromatic N) is 1. The largest absolute Gasteiger partial charge is 0.423 e. The minimum atomic E-state index is 0.585. The first kappa shape index (κ1) is 11.4. The van der Waals surface area contributed by atoms with Crippen LogP contribution in [-0.4, -0.2) is 11.5 Å². The monoisotopic (exact) mass is 245 g/mol. The summed E-state index contributed by atoms with van der Waals surface area (Å²) in [6.07, 6.45) is 3.98. The van der Waals surface area contributed by atoms with Gasteiger partial charge in [-0.2, -0.15) is 4.98 Å². The summed E-state index contributed by atoms with van der Waals surface area (Å²) in [5.74, 6) is 1.53. The zero-order valence-corrected chi connectivity index (χ0v) is 10.6. The first-order valence-corrected chi connectivity index (χ1v) is 6.63. The van der Waals surface area contributed by atoms with Crippen LogP contribution in [0.1, 0.15) is 26.2 Å². The van der Waals surface area contributed by atoms with Gasteiger partial charge in [-0.1, -0.05) is 25.8 Å². The van der Waals surface area contributed by atoms with Gasteiger partial charge in [0.1, 0.15) is 5.52 Å². The Morgan fingerprint density at radius 2 is 2.33 bits per heavy atom. The standard InChI is InChI=1S/C14H19N3O/c1-9-4-2-5-10(9)8-16-14-17-13-11(15)6-3-7-12(13)18-14/h3,6-7,9-10H,2,4-5,8,15H2,1H3,(H,16,17). The quantitative estimate of drug-likeness (QED) is 0.815. The number of nitrogen functional groups attached to an aromatic ring is 1. The molecule has 1 aromatic carbocycles. The number of benzene rings is 1. The topological polar surface area (TPSA) is 64.1 Å². The summed E-state index contributed by atoms with van der Waals surface area (Å²) < 4.78 is 5.64. The maximum Gasteiger partial charge on any atom is 0.295 e. The van der Waals surface area contributed by atoms with E-state index in [0.29, 0.717) is 11.7 Å². The van der Waals surface area contributed by atoms with Crippen LogP contribution in [0.25, 0.3) is 11.1 Å². The molecular weight excluding hydrogens is 226 g/mol. The minimum absolute atomic E-state index is 0.585. The molecule has 0 spiro atoms. The van der Waals surface area contributed by atoms with Crippen LogP contribution >= 0.6 is 0 Å². The molecule has 2 atom stereocenters. The first-order chi connectivity index (χ1) is 8.74. The first-order valence-electron chi connectivity index (χ1n) is 6.63. The fourth-order valence-electron chi connectivity index (χ4n) is 2.79. The summed E-state index contributed by atoms with van der Waals surface area (Å²) in [6.45, 7) is 3.26. The molecule has 3 rings (SSSR count). The number of rotatable bonds is 3. The van der Waals surface area contributed by atoms with E-state index in [1.54, 1.807) is 0 Å². The Morgan fingerprint density at radius 1 is 1.44 bits per heavy atom. The number of para-hydroxylation sites is 1. The van der Waals surface area contributed by atoms with E-state index in [4.69, 9.17) is 10.2 Å². The summed E-state index contributed by atoms with van der Waals surface area (Å²) in [4.78, 5) is 4.40. The van der Waals surface area contributed by atoms with Gasteiger partial charge < -0.3 is 15.5 Å². The predicted octanol–water partition coefficient (Wildman–Crippen LogP) is 3.26. The van der Waals surface area contributed by atoms with Gasteiger partial charge in [0.25, 0.3) is 6.01 Å². The molecule has 4 nitrogen and oxygen atoms in total. The Labute approximate surface area is 107 Å². The molecule has 1 fully saturated rings. The van der Waals surface area contributed by atoms with E-state index < -0.39 is 0 Å². The van der Waals surface area contributed by atoms with Crippen LogP contribution in [0, 0.1) is 11.8 Å². The van der Waals surface area contributed by atoms with Gasteiger partial charge in [-0.25, -0.2) is 0 Å². The molecule has 1 aromatic heterocycles. The molecule has 1 heterocycles. The fourth-order valence-corrected chi connectivity index (χ4v) is 2.79. The second kappa shape index (κ2) is 4.52. The SMILES string of the molecule is CC1CCCC1CNc1nc2c(N)cccc2o1. The van der Waals surface area contributed by atoms with Crippen LogP contribution in [0.2, 0.25) is 0 Å². The number of fused-ring (bicyclic) bond motifs is 1. The molecule has 1 saturated carbocycles. The molecule has 2 unspecified atom stereocenters. The maximum atomic E-state index is 5.86. The van der Waals surface area contributed by atoms with Crippen molar-refractivity contribution in [1.82, 2.24) is 4.98 Å². The van der Waals surface area contributed by atoms with E-state index in [1.807, 2.05) is 18.2 Å². The molecule has 1 aliphatic rings. The van der Waals surface area contributed by atoms with E-state index in [9.17, 15) is 0 Å². The third-order valence-corrected chi connectivity index (χ3v) is 4.00. The molecule has 1 aliphatic carbocycles. The van der Waals surface area contributed by atoms with Gasteiger partial charge in [0.15, 0.2) is 5.58 Å². The van der Waals surface area contributed by atoms with Crippen molar-refractivity contribution in [3.8, 4) is 0 Å². The molecule has 2 aromatic rings. The highest BCUT2D eigenvalue weighted by molar-refractivity contribution is 5.86. The lowest BCUT2D eigenvalue weighted by Gasteiger charge is -2.14. The average molecular weight is 245 g/mol. The maximum absolute atomic E-state index is 5.86. The Morgan fingerprint density at radius 3 is 3.06 bits per heavy atom. The Hall–Kier alpha value is -1.71. The summed E-state index contributed by atoms with van der Waals surface area (Å²) in [6, 6.07) is 6.20. The second-order valence-electron chi connectivity index (χ2n) is 5.26. The molecule has 0 saturated heterocycles. The van der Waals surface area contributed by atoms with Crippen molar-refractivity contribution in [3.63, 3.8) is 0 Å². The molecule has 96 valence electrons. The smallest absolute Gasteiger partial charge is 0.295 e. The normalized spacial score (nSPS) is 23.6. The summed E-state index contributed by atoms with van der Waals surface area (Å²) >= 11 is 0. The van der Waals surface area contributed by atoms with Crippen LogP contribution in [0.4, 0.5) is 11.7 Å². The molecule has 0 bridgehead atoms.